The number of rotatable bonds is 7. The van der Waals surface area contributed by atoms with Crippen LogP contribution in [0.1, 0.15) is 29.9 Å². The molecule has 106 valence electrons. The van der Waals surface area contributed by atoms with E-state index in [0.717, 1.165) is 25.8 Å². The highest BCUT2D eigenvalue weighted by Gasteiger charge is 2.10. The standard InChI is InChI=1S/C18H22FN/c1-20-14-17(16-10-12-18(19)13-11-16)9-5-8-15-6-3-2-4-7-15/h2-4,6-7,10-13,17,20H,5,8-9,14H2,1H3. The number of nitrogens with one attached hydrogen (secondary N) is 1. The van der Waals surface area contributed by atoms with Crippen molar-refractivity contribution in [2.45, 2.75) is 25.2 Å². The van der Waals surface area contributed by atoms with E-state index in [9.17, 15) is 4.39 Å². The molecule has 2 rings (SSSR count). The highest BCUT2D eigenvalue weighted by molar-refractivity contribution is 5.21. The van der Waals surface area contributed by atoms with Gasteiger partial charge in [0.2, 0.25) is 0 Å². The zero-order valence-corrected chi connectivity index (χ0v) is 12.0. The lowest BCUT2D eigenvalue weighted by Gasteiger charge is -2.17. The molecule has 2 heteroatoms. The number of aryl methyl sites for hydroxylation is 1. The lowest BCUT2D eigenvalue weighted by atomic mass is 9.92. The molecule has 0 spiro atoms. The zero-order valence-electron chi connectivity index (χ0n) is 12.0. The van der Waals surface area contributed by atoms with Gasteiger partial charge in [0, 0.05) is 6.54 Å². The van der Waals surface area contributed by atoms with Crippen LogP contribution in [0.2, 0.25) is 0 Å². The van der Waals surface area contributed by atoms with E-state index in [0.29, 0.717) is 5.92 Å². The highest BCUT2D eigenvalue weighted by Crippen LogP contribution is 2.22. The van der Waals surface area contributed by atoms with E-state index in [-0.39, 0.29) is 5.82 Å². The van der Waals surface area contributed by atoms with Gasteiger partial charge in [-0.15, -0.1) is 0 Å². The van der Waals surface area contributed by atoms with Gasteiger partial charge in [-0.3, -0.25) is 0 Å². The van der Waals surface area contributed by atoms with Gasteiger partial charge in [-0.25, -0.2) is 4.39 Å². The number of hydrogen-bond donors (Lipinski definition) is 1. The minimum absolute atomic E-state index is 0.166. The van der Waals surface area contributed by atoms with Gasteiger partial charge in [0.25, 0.3) is 0 Å². The van der Waals surface area contributed by atoms with E-state index in [1.165, 1.54) is 11.1 Å². The molecule has 20 heavy (non-hydrogen) atoms. The minimum Gasteiger partial charge on any atom is -0.319 e. The fraction of sp³-hybridized carbons (Fsp3) is 0.333. The third kappa shape index (κ3) is 4.46. The third-order valence-electron chi connectivity index (χ3n) is 3.65. The molecular formula is C18H22FN. The maximum Gasteiger partial charge on any atom is 0.123 e. The molecule has 1 atom stereocenters. The van der Waals surface area contributed by atoms with Crippen molar-refractivity contribution in [1.29, 1.82) is 0 Å². The summed E-state index contributed by atoms with van der Waals surface area (Å²) in [6.45, 7) is 0.931. The third-order valence-corrected chi connectivity index (χ3v) is 3.65. The fourth-order valence-electron chi connectivity index (χ4n) is 2.57. The Balaban J connectivity index is 1.90. The topological polar surface area (TPSA) is 12.0 Å². The Morgan fingerprint density at radius 2 is 1.70 bits per heavy atom. The van der Waals surface area contributed by atoms with Crippen LogP contribution in [0.15, 0.2) is 54.6 Å². The maximum atomic E-state index is 13.0. The molecule has 1 nitrogen and oxygen atoms in total. The number of hydrogen-bond acceptors (Lipinski definition) is 1. The summed E-state index contributed by atoms with van der Waals surface area (Å²) in [6, 6.07) is 17.5. The lowest BCUT2D eigenvalue weighted by Crippen LogP contribution is -2.17. The molecule has 0 aromatic heterocycles. The van der Waals surface area contributed by atoms with Crippen LogP contribution in [-0.4, -0.2) is 13.6 Å². The van der Waals surface area contributed by atoms with Gasteiger partial charge in [0.1, 0.15) is 5.82 Å². The normalized spacial score (nSPS) is 12.3. The SMILES string of the molecule is CNCC(CCCc1ccccc1)c1ccc(F)cc1. The average molecular weight is 271 g/mol. The number of likely N-dealkylation sites (N-methyl/N-ethyl adjacent to an activating group) is 1. The largest absolute Gasteiger partial charge is 0.319 e. The Bertz CT molecular complexity index is 493. The molecule has 0 aliphatic heterocycles. The van der Waals surface area contributed by atoms with Gasteiger partial charge < -0.3 is 5.32 Å². The second-order valence-corrected chi connectivity index (χ2v) is 5.18. The Morgan fingerprint density at radius 1 is 1.00 bits per heavy atom. The minimum atomic E-state index is -0.166. The molecule has 0 fully saturated rings. The van der Waals surface area contributed by atoms with Gasteiger partial charge >= 0.3 is 0 Å². The van der Waals surface area contributed by atoms with E-state index in [4.69, 9.17) is 0 Å². The summed E-state index contributed by atoms with van der Waals surface area (Å²) in [5, 5.41) is 3.24. The van der Waals surface area contributed by atoms with Crippen LogP contribution in [0.25, 0.3) is 0 Å². The first-order valence-electron chi connectivity index (χ1n) is 7.23. The van der Waals surface area contributed by atoms with Crippen molar-refractivity contribution in [3.8, 4) is 0 Å². The predicted octanol–water partition coefficient (Wildman–Crippen LogP) is 4.15. The molecule has 0 aliphatic rings. The highest BCUT2D eigenvalue weighted by atomic mass is 19.1. The second-order valence-electron chi connectivity index (χ2n) is 5.18. The first-order chi connectivity index (χ1) is 9.79. The molecule has 0 heterocycles. The smallest absolute Gasteiger partial charge is 0.123 e. The van der Waals surface area contributed by atoms with Gasteiger partial charge in [-0.1, -0.05) is 42.5 Å². The van der Waals surface area contributed by atoms with Crippen molar-refractivity contribution in [1.82, 2.24) is 5.32 Å². The Hall–Kier alpha value is -1.67. The zero-order chi connectivity index (χ0) is 14.2. The van der Waals surface area contributed by atoms with Crippen molar-refractivity contribution >= 4 is 0 Å². The van der Waals surface area contributed by atoms with E-state index in [2.05, 4.69) is 29.6 Å². The van der Waals surface area contributed by atoms with Crippen LogP contribution in [0, 0.1) is 5.82 Å². The molecule has 0 bridgehead atoms. The summed E-state index contributed by atoms with van der Waals surface area (Å²) in [7, 11) is 1.97. The van der Waals surface area contributed by atoms with Gasteiger partial charge in [0.15, 0.2) is 0 Å². The van der Waals surface area contributed by atoms with E-state index in [1.807, 2.05) is 25.2 Å². The van der Waals surface area contributed by atoms with Crippen molar-refractivity contribution in [2.75, 3.05) is 13.6 Å². The summed E-state index contributed by atoms with van der Waals surface area (Å²) >= 11 is 0. The van der Waals surface area contributed by atoms with Crippen molar-refractivity contribution in [3.05, 3.63) is 71.5 Å². The quantitative estimate of drug-likeness (QED) is 0.797. The van der Waals surface area contributed by atoms with Crippen LogP contribution in [-0.2, 0) is 6.42 Å². The lowest BCUT2D eigenvalue weighted by molar-refractivity contribution is 0.557. The Morgan fingerprint density at radius 3 is 2.35 bits per heavy atom. The van der Waals surface area contributed by atoms with Gasteiger partial charge in [-0.05, 0) is 55.5 Å². The summed E-state index contributed by atoms with van der Waals surface area (Å²) in [4.78, 5) is 0. The van der Waals surface area contributed by atoms with Crippen LogP contribution in [0.4, 0.5) is 4.39 Å². The maximum absolute atomic E-state index is 13.0. The molecule has 0 radical (unpaired) electrons. The van der Waals surface area contributed by atoms with E-state index >= 15 is 0 Å². The molecule has 0 amide bonds. The Labute approximate surface area is 120 Å². The summed E-state index contributed by atoms with van der Waals surface area (Å²) in [5.41, 5.74) is 2.60. The number of benzene rings is 2. The predicted molar refractivity (Wildman–Crippen MR) is 82.4 cm³/mol. The molecule has 2 aromatic carbocycles. The first-order valence-corrected chi connectivity index (χ1v) is 7.23. The molecular weight excluding hydrogens is 249 g/mol. The molecule has 0 saturated carbocycles. The second kappa shape index (κ2) is 7.81. The first kappa shape index (κ1) is 14.7. The van der Waals surface area contributed by atoms with Crippen molar-refractivity contribution < 1.29 is 4.39 Å². The van der Waals surface area contributed by atoms with Crippen molar-refractivity contribution in [3.63, 3.8) is 0 Å². The summed E-state index contributed by atoms with van der Waals surface area (Å²) < 4.78 is 13.0. The van der Waals surface area contributed by atoms with Crippen LogP contribution in [0.3, 0.4) is 0 Å². The van der Waals surface area contributed by atoms with Crippen LogP contribution >= 0.6 is 0 Å². The molecule has 0 saturated heterocycles. The van der Waals surface area contributed by atoms with E-state index in [1.54, 1.807) is 12.1 Å². The van der Waals surface area contributed by atoms with Crippen molar-refractivity contribution in [2.24, 2.45) is 0 Å². The van der Waals surface area contributed by atoms with Gasteiger partial charge in [0.05, 0.1) is 0 Å². The van der Waals surface area contributed by atoms with Gasteiger partial charge in [-0.2, -0.15) is 0 Å². The molecule has 1 N–H and O–H groups in total. The summed E-state index contributed by atoms with van der Waals surface area (Å²) in [6.07, 6.45) is 3.36. The molecule has 0 aliphatic carbocycles. The molecule has 1 unspecified atom stereocenters. The average Bonchev–Trinajstić information content (AvgIpc) is 2.48. The van der Waals surface area contributed by atoms with E-state index < -0.39 is 0 Å². The van der Waals surface area contributed by atoms with Crippen LogP contribution < -0.4 is 5.32 Å². The number of halogens is 1. The van der Waals surface area contributed by atoms with Crippen LogP contribution in [0.5, 0.6) is 0 Å². The Kier molecular flexibility index (Phi) is 5.75. The molecule has 2 aromatic rings. The summed E-state index contributed by atoms with van der Waals surface area (Å²) in [5.74, 6) is 0.283. The fourth-order valence-corrected chi connectivity index (χ4v) is 2.57. The monoisotopic (exact) mass is 271 g/mol.